The molecule has 3 heteroatoms. The van der Waals surface area contributed by atoms with Crippen LogP contribution in [0.25, 0.3) is 0 Å². The minimum Gasteiger partial charge on any atom is -0.396 e. The normalized spacial score (nSPS) is 13.2. The van der Waals surface area contributed by atoms with Crippen LogP contribution in [-0.2, 0) is 6.42 Å². The van der Waals surface area contributed by atoms with Gasteiger partial charge in [0, 0.05) is 12.6 Å². The molecule has 0 amide bonds. The number of hydrogen-bond acceptors (Lipinski definition) is 3. The first-order chi connectivity index (χ1) is 5.83. The number of aliphatic hydroxyl groups excluding tert-OH is 1. The Morgan fingerprint density at radius 2 is 2.33 bits per heavy atom. The van der Waals surface area contributed by atoms with Gasteiger partial charge in [-0.3, -0.25) is 0 Å². The fourth-order valence-electron chi connectivity index (χ4n) is 1.10. The molecule has 1 aromatic heterocycles. The zero-order chi connectivity index (χ0) is 8.81. The molecule has 0 saturated carbocycles. The summed E-state index contributed by atoms with van der Waals surface area (Å²) in [5.74, 6) is 0. The van der Waals surface area contributed by atoms with Gasteiger partial charge in [0.2, 0.25) is 0 Å². The average Bonchev–Trinajstić information content (AvgIpc) is 2.53. The smallest absolute Gasteiger partial charge is 0.0445 e. The van der Waals surface area contributed by atoms with Crippen molar-refractivity contribution in [3.8, 4) is 0 Å². The molecule has 1 rings (SSSR count). The largest absolute Gasteiger partial charge is 0.396 e. The zero-order valence-electron chi connectivity index (χ0n) is 7.07. The van der Waals surface area contributed by atoms with Crippen LogP contribution in [0.1, 0.15) is 18.4 Å². The van der Waals surface area contributed by atoms with Gasteiger partial charge in [0.25, 0.3) is 0 Å². The van der Waals surface area contributed by atoms with Gasteiger partial charge in [-0.25, -0.2) is 0 Å². The lowest BCUT2D eigenvalue weighted by atomic mass is 10.1. The minimum absolute atomic E-state index is 0.148. The van der Waals surface area contributed by atoms with Crippen molar-refractivity contribution in [1.82, 2.24) is 0 Å². The molecule has 1 unspecified atom stereocenters. The predicted molar refractivity (Wildman–Crippen MR) is 52.3 cm³/mol. The summed E-state index contributed by atoms with van der Waals surface area (Å²) in [4.78, 5) is 0. The summed E-state index contributed by atoms with van der Waals surface area (Å²) < 4.78 is 0. The van der Waals surface area contributed by atoms with Gasteiger partial charge >= 0.3 is 0 Å². The van der Waals surface area contributed by atoms with Crippen molar-refractivity contribution in [2.45, 2.75) is 25.3 Å². The summed E-state index contributed by atoms with van der Waals surface area (Å²) in [6.07, 6.45) is 2.71. The molecule has 0 aliphatic heterocycles. The molecule has 0 spiro atoms. The predicted octanol–water partition coefficient (Wildman–Crippen LogP) is 1.39. The van der Waals surface area contributed by atoms with Gasteiger partial charge in [0.15, 0.2) is 0 Å². The Kier molecular flexibility index (Phi) is 4.29. The van der Waals surface area contributed by atoms with E-state index in [1.54, 1.807) is 11.3 Å². The van der Waals surface area contributed by atoms with Gasteiger partial charge in [0.05, 0.1) is 0 Å². The fourth-order valence-corrected chi connectivity index (χ4v) is 1.80. The maximum atomic E-state index is 8.62. The quantitative estimate of drug-likeness (QED) is 0.728. The first-order valence-corrected chi connectivity index (χ1v) is 5.14. The van der Waals surface area contributed by atoms with E-state index in [4.69, 9.17) is 10.8 Å². The highest BCUT2D eigenvalue weighted by molar-refractivity contribution is 7.07. The van der Waals surface area contributed by atoms with E-state index >= 15 is 0 Å². The maximum Gasteiger partial charge on any atom is 0.0445 e. The van der Waals surface area contributed by atoms with Crippen LogP contribution in [0.3, 0.4) is 0 Å². The van der Waals surface area contributed by atoms with Crippen molar-refractivity contribution in [2.75, 3.05) is 6.61 Å². The molecule has 0 radical (unpaired) electrons. The van der Waals surface area contributed by atoms with E-state index in [1.807, 2.05) is 0 Å². The summed E-state index contributed by atoms with van der Waals surface area (Å²) in [5, 5.41) is 12.8. The van der Waals surface area contributed by atoms with Gasteiger partial charge in [-0.1, -0.05) is 0 Å². The topological polar surface area (TPSA) is 46.2 Å². The number of rotatable bonds is 5. The lowest BCUT2D eigenvalue weighted by Gasteiger charge is -2.07. The second kappa shape index (κ2) is 5.30. The summed E-state index contributed by atoms with van der Waals surface area (Å²) in [7, 11) is 0. The van der Waals surface area contributed by atoms with Crippen molar-refractivity contribution in [3.05, 3.63) is 22.4 Å². The number of nitrogens with two attached hydrogens (primary N) is 1. The molecule has 2 nitrogen and oxygen atoms in total. The molecular weight excluding hydrogens is 170 g/mol. The van der Waals surface area contributed by atoms with Crippen LogP contribution in [0.15, 0.2) is 16.8 Å². The van der Waals surface area contributed by atoms with Crippen LogP contribution in [0.5, 0.6) is 0 Å². The van der Waals surface area contributed by atoms with Gasteiger partial charge in [-0.05, 0) is 41.7 Å². The molecule has 0 aliphatic rings. The Morgan fingerprint density at radius 3 is 2.92 bits per heavy atom. The summed E-state index contributed by atoms with van der Waals surface area (Å²) in [6, 6.07) is 2.27. The van der Waals surface area contributed by atoms with E-state index in [1.165, 1.54) is 5.56 Å². The summed E-state index contributed by atoms with van der Waals surface area (Å²) in [5.41, 5.74) is 7.10. The highest BCUT2D eigenvalue weighted by atomic mass is 32.1. The van der Waals surface area contributed by atoms with Crippen molar-refractivity contribution >= 4 is 11.3 Å². The third kappa shape index (κ3) is 3.34. The number of aliphatic hydroxyl groups is 1. The highest BCUT2D eigenvalue weighted by Gasteiger charge is 2.01. The fraction of sp³-hybridized carbons (Fsp3) is 0.556. The standard InChI is InChI=1S/C9H15NOS/c10-9(3-5-11)2-1-8-4-6-12-7-8/h4,6-7,9,11H,1-3,5,10H2. The van der Waals surface area contributed by atoms with E-state index in [9.17, 15) is 0 Å². The van der Waals surface area contributed by atoms with Crippen LogP contribution in [0, 0.1) is 0 Å². The van der Waals surface area contributed by atoms with E-state index in [2.05, 4.69) is 16.8 Å². The third-order valence-corrected chi connectivity index (χ3v) is 2.62. The molecule has 0 aromatic carbocycles. The SMILES string of the molecule is NC(CCO)CCc1ccsc1. The van der Waals surface area contributed by atoms with Crippen LogP contribution < -0.4 is 5.73 Å². The molecule has 0 aliphatic carbocycles. The zero-order valence-corrected chi connectivity index (χ0v) is 7.89. The second-order valence-electron chi connectivity index (χ2n) is 2.94. The van der Waals surface area contributed by atoms with Gasteiger partial charge in [0.1, 0.15) is 0 Å². The Bertz CT molecular complexity index is 198. The molecule has 1 heterocycles. The van der Waals surface area contributed by atoms with E-state index in [0.29, 0.717) is 6.42 Å². The molecule has 0 fully saturated rings. The van der Waals surface area contributed by atoms with Gasteiger partial charge in [-0.2, -0.15) is 11.3 Å². The third-order valence-electron chi connectivity index (χ3n) is 1.88. The van der Waals surface area contributed by atoms with Crippen molar-refractivity contribution in [3.63, 3.8) is 0 Å². The van der Waals surface area contributed by atoms with Crippen LogP contribution in [0.2, 0.25) is 0 Å². The van der Waals surface area contributed by atoms with Crippen LogP contribution in [-0.4, -0.2) is 17.8 Å². The van der Waals surface area contributed by atoms with Crippen molar-refractivity contribution < 1.29 is 5.11 Å². The minimum atomic E-state index is 0.148. The molecule has 0 bridgehead atoms. The van der Waals surface area contributed by atoms with E-state index in [-0.39, 0.29) is 12.6 Å². The maximum absolute atomic E-state index is 8.62. The van der Waals surface area contributed by atoms with Crippen LogP contribution >= 0.6 is 11.3 Å². The molecule has 12 heavy (non-hydrogen) atoms. The number of hydrogen-bond donors (Lipinski definition) is 2. The Morgan fingerprint density at radius 1 is 1.50 bits per heavy atom. The van der Waals surface area contributed by atoms with Crippen LogP contribution in [0.4, 0.5) is 0 Å². The highest BCUT2D eigenvalue weighted by Crippen LogP contribution is 2.09. The molecule has 0 saturated heterocycles. The molecule has 3 N–H and O–H groups in total. The number of aryl methyl sites for hydroxylation is 1. The van der Waals surface area contributed by atoms with E-state index < -0.39 is 0 Å². The van der Waals surface area contributed by atoms with Crippen molar-refractivity contribution in [2.24, 2.45) is 5.73 Å². The Labute approximate surface area is 77.0 Å². The van der Waals surface area contributed by atoms with Gasteiger partial charge in [-0.15, -0.1) is 0 Å². The lowest BCUT2D eigenvalue weighted by molar-refractivity contribution is 0.273. The monoisotopic (exact) mass is 185 g/mol. The van der Waals surface area contributed by atoms with Gasteiger partial charge < -0.3 is 10.8 Å². The van der Waals surface area contributed by atoms with E-state index in [0.717, 1.165) is 12.8 Å². The molecule has 1 aromatic rings. The Hall–Kier alpha value is -0.380. The molecule has 1 atom stereocenters. The first kappa shape index (κ1) is 9.71. The first-order valence-electron chi connectivity index (χ1n) is 4.20. The average molecular weight is 185 g/mol. The Balaban J connectivity index is 2.17. The lowest BCUT2D eigenvalue weighted by Crippen LogP contribution is -2.21. The number of thiophene rings is 1. The summed E-state index contributed by atoms with van der Waals surface area (Å²) >= 11 is 1.71. The van der Waals surface area contributed by atoms with Crippen molar-refractivity contribution in [1.29, 1.82) is 0 Å². The molecule has 68 valence electrons. The molecular formula is C9H15NOS. The summed E-state index contributed by atoms with van der Waals surface area (Å²) in [6.45, 7) is 0.199. The second-order valence-corrected chi connectivity index (χ2v) is 3.72.